The molecule has 1 rings (SSSR count). The first-order valence-corrected chi connectivity index (χ1v) is 8.05. The summed E-state index contributed by atoms with van der Waals surface area (Å²) in [5.41, 5.74) is 1.11. The Labute approximate surface area is 160 Å². The summed E-state index contributed by atoms with van der Waals surface area (Å²) in [5, 5.41) is 0. The number of allylic oxidation sites excluding steroid dienone is 1. The minimum atomic E-state index is -1.13. The lowest BCUT2D eigenvalue weighted by Crippen LogP contribution is -2.13. The van der Waals surface area contributed by atoms with Crippen molar-refractivity contribution in [3.8, 4) is 5.75 Å². The van der Waals surface area contributed by atoms with E-state index in [2.05, 4.69) is 11.3 Å². The number of Topliss-reactive ketones (excluding diaryl/α,β-unsaturated/α-hetero) is 1. The van der Waals surface area contributed by atoms with Crippen LogP contribution in [0.1, 0.15) is 47.0 Å². The van der Waals surface area contributed by atoms with Gasteiger partial charge >= 0.3 is 11.9 Å². The van der Waals surface area contributed by atoms with Crippen molar-refractivity contribution in [2.75, 3.05) is 6.61 Å². The maximum absolute atomic E-state index is 11.7. The standard InChI is InChI=1S/C19H22O7.CH4/c1-14(2)17(21)4-3-11-25-18(22)9-10-19(23)26-16-7-5-15(6-8-16)12-24-13-20;/h5-8,13H,1,3-4,9-12H2,2H3;1H4/i13D;. The quantitative estimate of drug-likeness (QED) is 0.192. The summed E-state index contributed by atoms with van der Waals surface area (Å²) in [6, 6.07) is 6.21. The molecule has 0 saturated heterocycles. The topological polar surface area (TPSA) is 96.0 Å². The van der Waals surface area contributed by atoms with Crippen molar-refractivity contribution in [3.05, 3.63) is 42.0 Å². The predicted molar refractivity (Wildman–Crippen MR) is 98.9 cm³/mol. The SMILES string of the molecule is C.[2H]C(=O)OCc1ccc(OC(=O)CCC(=O)OCCCC(=O)C(=C)C)cc1. The Morgan fingerprint density at radius 2 is 1.74 bits per heavy atom. The van der Waals surface area contributed by atoms with Gasteiger partial charge in [-0.3, -0.25) is 19.2 Å². The average Bonchev–Trinajstić information content (AvgIpc) is 2.62. The molecule has 0 saturated carbocycles. The van der Waals surface area contributed by atoms with Crippen LogP contribution < -0.4 is 4.74 Å². The van der Waals surface area contributed by atoms with E-state index in [0.717, 1.165) is 0 Å². The molecule has 7 nitrogen and oxygen atoms in total. The van der Waals surface area contributed by atoms with Crippen LogP contribution in [-0.2, 0) is 35.3 Å². The molecule has 0 radical (unpaired) electrons. The van der Waals surface area contributed by atoms with Crippen LogP contribution in [0.3, 0.4) is 0 Å². The molecule has 0 spiro atoms. The normalized spacial score (nSPS) is 10.0. The summed E-state index contributed by atoms with van der Waals surface area (Å²) in [6.45, 7) is 5.23. The Balaban J connectivity index is 0.00000729. The van der Waals surface area contributed by atoms with Gasteiger partial charge in [-0.05, 0) is 36.6 Å². The van der Waals surface area contributed by atoms with E-state index in [1.807, 2.05) is 0 Å². The fourth-order valence-corrected chi connectivity index (χ4v) is 1.86. The van der Waals surface area contributed by atoms with Gasteiger partial charge in [-0.2, -0.15) is 0 Å². The van der Waals surface area contributed by atoms with Crippen molar-refractivity contribution in [1.82, 2.24) is 0 Å². The molecule has 1 aromatic carbocycles. The van der Waals surface area contributed by atoms with Gasteiger partial charge < -0.3 is 14.2 Å². The molecule has 0 aliphatic rings. The second-order valence-electron chi connectivity index (χ2n) is 5.52. The smallest absolute Gasteiger partial charge is 0.311 e. The highest BCUT2D eigenvalue weighted by molar-refractivity contribution is 5.94. The summed E-state index contributed by atoms with van der Waals surface area (Å²) in [5.74, 6) is -0.914. The molecule has 0 aliphatic carbocycles. The lowest BCUT2D eigenvalue weighted by Gasteiger charge is -2.06. The van der Waals surface area contributed by atoms with E-state index in [-0.39, 0.29) is 51.4 Å². The van der Waals surface area contributed by atoms with Crippen molar-refractivity contribution in [2.45, 2.75) is 46.6 Å². The minimum absolute atomic E-state index is 0. The molecule has 0 N–H and O–H groups in total. The number of ether oxygens (including phenoxy) is 3. The van der Waals surface area contributed by atoms with Gasteiger partial charge in [0.05, 0.1) is 19.4 Å². The third kappa shape index (κ3) is 10.6. The number of carbonyl (C=O) groups is 4. The van der Waals surface area contributed by atoms with Gasteiger partial charge in [-0.1, -0.05) is 26.1 Å². The molecule has 0 aliphatic heterocycles. The zero-order chi connectivity index (χ0) is 20.2. The maximum Gasteiger partial charge on any atom is 0.311 e. The van der Waals surface area contributed by atoms with Gasteiger partial charge in [0.2, 0.25) is 0 Å². The Bertz CT molecular complexity index is 695. The van der Waals surface area contributed by atoms with E-state index in [1.165, 1.54) is 12.1 Å². The van der Waals surface area contributed by atoms with Gasteiger partial charge in [0.1, 0.15) is 12.4 Å². The monoisotopic (exact) mass is 379 g/mol. The second kappa shape index (κ2) is 13.3. The first-order chi connectivity index (χ1) is 12.8. The van der Waals surface area contributed by atoms with Crippen LogP contribution in [0.2, 0.25) is 0 Å². The van der Waals surface area contributed by atoms with Crippen LogP contribution >= 0.6 is 0 Å². The minimum Gasteiger partial charge on any atom is -0.466 e. The van der Waals surface area contributed by atoms with Gasteiger partial charge in [0, 0.05) is 6.42 Å². The van der Waals surface area contributed by atoms with Crippen LogP contribution in [0, 0.1) is 0 Å². The highest BCUT2D eigenvalue weighted by Crippen LogP contribution is 2.14. The number of ketones is 1. The molecule has 148 valence electrons. The molecule has 1 aromatic rings. The number of benzene rings is 1. The average molecular weight is 379 g/mol. The Hall–Kier alpha value is -2.96. The van der Waals surface area contributed by atoms with E-state index in [1.54, 1.807) is 19.1 Å². The molecule has 0 bridgehead atoms. The molecule has 0 atom stereocenters. The van der Waals surface area contributed by atoms with Gasteiger partial charge in [0.15, 0.2) is 7.15 Å². The molecular formula is C20H26O7. The van der Waals surface area contributed by atoms with Crippen molar-refractivity contribution in [1.29, 1.82) is 0 Å². The van der Waals surface area contributed by atoms with Crippen LogP contribution in [0.5, 0.6) is 5.75 Å². The van der Waals surface area contributed by atoms with E-state index in [0.29, 0.717) is 17.6 Å². The predicted octanol–water partition coefficient (Wildman–Crippen LogP) is 3.15. The molecule has 0 unspecified atom stereocenters. The van der Waals surface area contributed by atoms with Crippen LogP contribution in [0.4, 0.5) is 0 Å². The first-order valence-electron chi connectivity index (χ1n) is 8.55. The molecule has 0 heterocycles. The number of rotatable bonds is 11. The van der Waals surface area contributed by atoms with Crippen molar-refractivity contribution in [3.63, 3.8) is 0 Å². The Kier molecular flexibility index (Phi) is 10.9. The fourth-order valence-electron chi connectivity index (χ4n) is 1.86. The highest BCUT2D eigenvalue weighted by Gasteiger charge is 2.11. The zero-order valence-corrected chi connectivity index (χ0v) is 14.6. The van der Waals surface area contributed by atoms with Crippen molar-refractivity contribution in [2.24, 2.45) is 0 Å². The number of hydrogen-bond acceptors (Lipinski definition) is 7. The summed E-state index contributed by atoms with van der Waals surface area (Å²) >= 11 is 0. The zero-order valence-electron chi connectivity index (χ0n) is 15.6. The van der Waals surface area contributed by atoms with E-state index >= 15 is 0 Å². The first kappa shape index (κ1) is 22.1. The molecular weight excluding hydrogens is 352 g/mol. The lowest BCUT2D eigenvalue weighted by molar-refractivity contribution is -0.147. The number of carbonyl (C=O) groups excluding carboxylic acids is 4. The summed E-state index contributed by atoms with van der Waals surface area (Å²) in [4.78, 5) is 45.0. The van der Waals surface area contributed by atoms with Gasteiger partial charge in [-0.15, -0.1) is 0 Å². The highest BCUT2D eigenvalue weighted by atomic mass is 16.5. The van der Waals surface area contributed by atoms with E-state index < -0.39 is 18.4 Å². The molecule has 27 heavy (non-hydrogen) atoms. The lowest BCUT2D eigenvalue weighted by atomic mass is 10.1. The summed E-state index contributed by atoms with van der Waals surface area (Å²) in [7, 11) is 0. The molecule has 7 heteroatoms. The second-order valence-corrected chi connectivity index (χ2v) is 5.52. The van der Waals surface area contributed by atoms with Gasteiger partial charge in [0.25, 0.3) is 6.45 Å². The summed E-state index contributed by atoms with van der Waals surface area (Å²) < 4.78 is 21.2. The van der Waals surface area contributed by atoms with E-state index in [4.69, 9.17) is 10.8 Å². The Morgan fingerprint density at radius 3 is 2.33 bits per heavy atom. The summed E-state index contributed by atoms with van der Waals surface area (Å²) in [6.07, 6.45) is -0.711. The largest absolute Gasteiger partial charge is 0.466 e. The number of hydrogen-bond donors (Lipinski definition) is 0. The number of esters is 2. The fraction of sp³-hybridized carbons (Fsp3) is 0.400. The third-order valence-corrected chi connectivity index (χ3v) is 3.27. The van der Waals surface area contributed by atoms with Gasteiger partial charge in [-0.25, -0.2) is 0 Å². The van der Waals surface area contributed by atoms with Crippen LogP contribution in [0.15, 0.2) is 36.4 Å². The molecule has 0 amide bonds. The van der Waals surface area contributed by atoms with Crippen molar-refractivity contribution >= 4 is 24.2 Å². The molecule has 0 aromatic heterocycles. The third-order valence-electron chi connectivity index (χ3n) is 3.27. The Morgan fingerprint density at radius 1 is 1.11 bits per heavy atom. The maximum atomic E-state index is 11.7. The van der Waals surface area contributed by atoms with E-state index in [9.17, 15) is 19.2 Å². The molecule has 0 fully saturated rings. The van der Waals surface area contributed by atoms with Crippen LogP contribution in [0.25, 0.3) is 0 Å². The van der Waals surface area contributed by atoms with Crippen molar-refractivity contribution < 1.29 is 34.8 Å². The van der Waals surface area contributed by atoms with Crippen LogP contribution in [-0.4, -0.2) is 30.8 Å².